The fourth-order valence-electron chi connectivity index (χ4n) is 2.96. The van der Waals surface area contributed by atoms with Crippen LogP contribution in [0.5, 0.6) is 0 Å². The van der Waals surface area contributed by atoms with Gasteiger partial charge in [-0.25, -0.2) is 14.1 Å². The van der Waals surface area contributed by atoms with Crippen molar-refractivity contribution in [1.29, 1.82) is 0 Å². The first-order chi connectivity index (χ1) is 16.2. The number of oxime groups is 1. The first-order valence-electron chi connectivity index (χ1n) is 9.70. The highest BCUT2D eigenvalue weighted by atomic mass is 32.2. The lowest BCUT2D eigenvalue weighted by Crippen LogP contribution is -2.73. The summed E-state index contributed by atoms with van der Waals surface area (Å²) in [5, 5.41) is 16.5. The molecule has 1 saturated heterocycles. The molecule has 0 bridgehead atoms. The van der Waals surface area contributed by atoms with Crippen molar-refractivity contribution in [3.63, 3.8) is 0 Å². The van der Waals surface area contributed by atoms with Crippen LogP contribution in [-0.2, 0) is 36.1 Å². The van der Waals surface area contributed by atoms with Gasteiger partial charge in [-0.1, -0.05) is 11.2 Å². The van der Waals surface area contributed by atoms with Gasteiger partial charge in [0.2, 0.25) is 5.60 Å². The molecule has 1 aliphatic rings. The van der Waals surface area contributed by atoms with Gasteiger partial charge in [-0.05, 0) is 19.9 Å². The predicted octanol–water partition coefficient (Wildman–Crippen LogP) is -1.33. The highest BCUT2D eigenvalue weighted by molar-refractivity contribution is 7.84. The largest absolute Gasteiger partial charge is 0.478 e. The molecule has 3 heterocycles. The van der Waals surface area contributed by atoms with Gasteiger partial charge in [0.05, 0.1) is 6.04 Å². The Labute approximate surface area is 201 Å². The number of thiazole rings is 1. The van der Waals surface area contributed by atoms with Crippen LogP contribution in [0.1, 0.15) is 19.5 Å². The number of anilines is 1. The molecule has 17 heteroatoms. The minimum Gasteiger partial charge on any atom is -0.478 e. The molecule has 0 aliphatic carbocycles. The van der Waals surface area contributed by atoms with Crippen LogP contribution < -0.4 is 16.6 Å². The van der Waals surface area contributed by atoms with E-state index in [1.807, 2.05) is 0 Å². The first-order valence-corrected chi connectivity index (χ1v) is 12.0. The van der Waals surface area contributed by atoms with E-state index >= 15 is 0 Å². The van der Waals surface area contributed by atoms with Crippen LogP contribution in [0.15, 0.2) is 39.7 Å². The summed E-state index contributed by atoms with van der Waals surface area (Å²) in [5.74, 6) is -3.63. The first kappa shape index (κ1) is 25.8. The van der Waals surface area contributed by atoms with Crippen molar-refractivity contribution in [1.82, 2.24) is 19.2 Å². The number of carbonyl (C=O) groups excluding carboxylic acids is 2. The lowest BCUT2D eigenvalue weighted by atomic mass is 9.98. The molecule has 5 N–H and O–H groups in total. The number of amides is 2. The summed E-state index contributed by atoms with van der Waals surface area (Å²) < 4.78 is 34.1. The number of rotatable bonds is 9. The van der Waals surface area contributed by atoms with Crippen molar-refractivity contribution in [2.24, 2.45) is 5.16 Å². The maximum atomic E-state index is 13.0. The van der Waals surface area contributed by atoms with Gasteiger partial charge in [0.15, 0.2) is 10.8 Å². The Morgan fingerprint density at radius 1 is 1.34 bits per heavy atom. The Balaban J connectivity index is 1.92. The number of nitrogens with one attached hydrogen (secondary N) is 1. The molecular formula is C18H20N6O9S2. The Hall–Kier alpha value is -3.83. The maximum Gasteiger partial charge on any atom is 0.362 e. The number of pyridine rings is 1. The molecule has 1 aliphatic heterocycles. The fourth-order valence-corrected chi connectivity index (χ4v) is 4.38. The third kappa shape index (κ3) is 5.47. The fraction of sp³-hybridized carbons (Fsp3) is 0.333. The van der Waals surface area contributed by atoms with Gasteiger partial charge >= 0.3 is 16.3 Å². The van der Waals surface area contributed by atoms with Gasteiger partial charge in [-0.15, -0.1) is 11.3 Å². The SMILES string of the molecule is CC(C)(ON=C(C(=O)NC1C(=O)N(S(=O)(=O)O)C1Cn1ccccc1=O)c1csc(N)n1)C(=O)O. The lowest BCUT2D eigenvalue weighted by molar-refractivity contribution is -0.161. The number of carbonyl (C=O) groups is 3. The van der Waals surface area contributed by atoms with Crippen molar-refractivity contribution in [2.45, 2.75) is 38.1 Å². The van der Waals surface area contributed by atoms with Crippen LogP contribution in [0.25, 0.3) is 0 Å². The van der Waals surface area contributed by atoms with E-state index in [2.05, 4.69) is 15.5 Å². The molecule has 0 aromatic carbocycles. The van der Waals surface area contributed by atoms with Gasteiger partial charge in [-0.3, -0.25) is 18.9 Å². The van der Waals surface area contributed by atoms with Gasteiger partial charge in [-0.2, -0.15) is 8.42 Å². The van der Waals surface area contributed by atoms with E-state index in [-0.39, 0.29) is 21.7 Å². The molecule has 0 radical (unpaired) electrons. The zero-order chi connectivity index (χ0) is 26.1. The molecule has 0 spiro atoms. The maximum absolute atomic E-state index is 13.0. The van der Waals surface area contributed by atoms with Crippen LogP contribution in [0.3, 0.4) is 0 Å². The average molecular weight is 529 g/mol. The number of nitrogens with zero attached hydrogens (tertiary/aromatic N) is 4. The second-order valence-electron chi connectivity index (χ2n) is 7.74. The van der Waals surface area contributed by atoms with E-state index in [1.54, 1.807) is 0 Å². The lowest BCUT2D eigenvalue weighted by Gasteiger charge is -2.44. The van der Waals surface area contributed by atoms with Crippen molar-refractivity contribution in [3.8, 4) is 0 Å². The number of nitrogens with two attached hydrogens (primary N) is 1. The summed E-state index contributed by atoms with van der Waals surface area (Å²) in [7, 11) is -5.00. The normalized spacial score (nSPS) is 18.7. The smallest absolute Gasteiger partial charge is 0.362 e. The summed E-state index contributed by atoms with van der Waals surface area (Å²) >= 11 is 0.945. The zero-order valence-electron chi connectivity index (χ0n) is 18.2. The molecule has 2 atom stereocenters. The minimum absolute atomic E-state index is 0.0524. The molecule has 15 nitrogen and oxygen atoms in total. The number of aromatic nitrogens is 2. The second-order valence-corrected chi connectivity index (χ2v) is 9.92. The number of nitrogen functional groups attached to an aromatic ring is 1. The minimum atomic E-state index is -5.00. The molecule has 1 fully saturated rings. The van der Waals surface area contributed by atoms with Crippen molar-refractivity contribution < 1.29 is 37.3 Å². The standard InChI is InChI=1S/C18H20N6O9S2/c1-18(2,16(28)29)33-22-12(9-8-34-17(19)20-9)14(26)21-13-10(24(15(13)27)35(30,31)32)7-23-6-4-3-5-11(23)25/h3-6,8,10,13H,7H2,1-2H3,(H2,19,20)(H,21,26)(H,28,29)(H,30,31,32). The van der Waals surface area contributed by atoms with E-state index in [9.17, 15) is 37.3 Å². The van der Waals surface area contributed by atoms with Crippen LogP contribution in [0.4, 0.5) is 5.13 Å². The van der Waals surface area contributed by atoms with Crippen molar-refractivity contribution >= 4 is 50.3 Å². The zero-order valence-corrected chi connectivity index (χ0v) is 19.8. The highest BCUT2D eigenvalue weighted by Crippen LogP contribution is 2.25. The summed E-state index contributed by atoms with van der Waals surface area (Å²) in [6.45, 7) is 1.97. The molecule has 2 amide bonds. The molecule has 2 unspecified atom stereocenters. The van der Waals surface area contributed by atoms with Crippen LogP contribution in [0.2, 0.25) is 0 Å². The Kier molecular flexibility index (Phi) is 6.95. The summed E-state index contributed by atoms with van der Waals surface area (Å²) in [5.41, 5.74) is 2.60. The quantitative estimate of drug-likeness (QED) is 0.129. The van der Waals surface area contributed by atoms with Crippen LogP contribution in [0, 0.1) is 0 Å². The molecule has 3 rings (SSSR count). The second kappa shape index (κ2) is 9.43. The van der Waals surface area contributed by atoms with E-state index in [0.29, 0.717) is 0 Å². The van der Waals surface area contributed by atoms with Crippen molar-refractivity contribution in [2.75, 3.05) is 5.73 Å². The third-order valence-electron chi connectivity index (χ3n) is 4.85. The molecule has 188 valence electrons. The predicted molar refractivity (Wildman–Crippen MR) is 121 cm³/mol. The molecule has 2 aromatic rings. The summed E-state index contributed by atoms with van der Waals surface area (Å²) in [4.78, 5) is 57.8. The van der Waals surface area contributed by atoms with Crippen molar-refractivity contribution in [3.05, 3.63) is 45.8 Å². The average Bonchev–Trinajstić information content (AvgIpc) is 3.17. The number of carboxylic acids is 1. The monoisotopic (exact) mass is 528 g/mol. The van der Waals surface area contributed by atoms with Crippen LogP contribution in [-0.4, -0.2) is 73.1 Å². The molecular weight excluding hydrogens is 508 g/mol. The summed E-state index contributed by atoms with van der Waals surface area (Å²) in [6, 6.07) is 1.28. The van der Waals surface area contributed by atoms with Gasteiger partial charge in [0.25, 0.3) is 17.4 Å². The van der Waals surface area contributed by atoms with E-state index < -0.39 is 57.0 Å². The topological polar surface area (TPSA) is 224 Å². The molecule has 2 aromatic heterocycles. The van der Waals surface area contributed by atoms with Gasteiger partial charge < -0.3 is 25.6 Å². The number of hydrogen-bond donors (Lipinski definition) is 4. The Bertz CT molecular complexity index is 1360. The summed E-state index contributed by atoms with van der Waals surface area (Å²) in [6.07, 6.45) is 1.33. The van der Waals surface area contributed by atoms with E-state index in [4.69, 9.17) is 10.6 Å². The number of hydrogen-bond acceptors (Lipinski definition) is 11. The van der Waals surface area contributed by atoms with Crippen LogP contribution >= 0.6 is 11.3 Å². The highest BCUT2D eigenvalue weighted by Gasteiger charge is 2.54. The van der Waals surface area contributed by atoms with Gasteiger partial charge in [0.1, 0.15) is 11.7 Å². The van der Waals surface area contributed by atoms with E-state index in [1.165, 1.54) is 43.6 Å². The van der Waals surface area contributed by atoms with E-state index in [0.717, 1.165) is 15.9 Å². The number of β-lactam (4-membered cyclic amide) rings is 1. The Morgan fingerprint density at radius 2 is 2.03 bits per heavy atom. The number of carboxylic acid groups (broad SMARTS) is 1. The third-order valence-corrected chi connectivity index (χ3v) is 6.47. The molecule has 35 heavy (non-hydrogen) atoms. The molecule has 0 saturated carbocycles. The number of aliphatic carboxylic acids is 1. The Morgan fingerprint density at radius 3 is 2.57 bits per heavy atom. The van der Waals surface area contributed by atoms with Gasteiger partial charge in [0, 0.05) is 24.2 Å².